The second kappa shape index (κ2) is 3.34. The standard InChI is InChI=1S/C12H10N4/c13-12-10(9-4-2-1-3-5-9)8-14-11-6-7-15-16(11)12/h1-8H,13H2. The summed E-state index contributed by atoms with van der Waals surface area (Å²) in [5.74, 6) is 0.612. The highest BCUT2D eigenvalue weighted by atomic mass is 15.3. The van der Waals surface area contributed by atoms with Crippen LogP contribution in [0.25, 0.3) is 16.8 Å². The minimum absolute atomic E-state index is 0.612. The van der Waals surface area contributed by atoms with Crippen molar-refractivity contribution < 1.29 is 0 Å². The van der Waals surface area contributed by atoms with Gasteiger partial charge >= 0.3 is 0 Å². The van der Waals surface area contributed by atoms with Gasteiger partial charge in [0.15, 0.2) is 5.65 Å². The second-order valence-electron chi connectivity index (χ2n) is 3.52. The van der Waals surface area contributed by atoms with Gasteiger partial charge in [-0.3, -0.25) is 0 Å². The summed E-state index contributed by atoms with van der Waals surface area (Å²) >= 11 is 0. The molecule has 0 saturated heterocycles. The van der Waals surface area contributed by atoms with Gasteiger partial charge in [0.1, 0.15) is 5.82 Å². The molecule has 0 atom stereocenters. The number of nitrogen functional groups attached to an aromatic ring is 1. The number of anilines is 1. The fraction of sp³-hybridized carbons (Fsp3) is 0. The number of hydrogen-bond acceptors (Lipinski definition) is 3. The quantitative estimate of drug-likeness (QED) is 0.668. The molecule has 0 aliphatic rings. The largest absolute Gasteiger partial charge is 0.383 e. The number of fused-ring (bicyclic) bond motifs is 1. The van der Waals surface area contributed by atoms with Crippen LogP contribution in [0.3, 0.4) is 0 Å². The van der Waals surface area contributed by atoms with Gasteiger partial charge in [-0.05, 0) is 5.56 Å². The number of nitrogens with zero attached hydrogens (tertiary/aromatic N) is 3. The van der Waals surface area contributed by atoms with Crippen LogP contribution in [0.15, 0.2) is 48.8 Å². The van der Waals surface area contributed by atoms with E-state index in [1.54, 1.807) is 16.9 Å². The van der Waals surface area contributed by atoms with Gasteiger partial charge in [-0.25, -0.2) is 4.98 Å². The first-order valence-electron chi connectivity index (χ1n) is 5.00. The summed E-state index contributed by atoms with van der Waals surface area (Å²) in [6, 6.07) is 11.8. The fourth-order valence-corrected chi connectivity index (χ4v) is 1.73. The van der Waals surface area contributed by atoms with Crippen molar-refractivity contribution in [1.29, 1.82) is 0 Å². The minimum Gasteiger partial charge on any atom is -0.383 e. The van der Waals surface area contributed by atoms with Crippen LogP contribution < -0.4 is 5.73 Å². The molecule has 0 amide bonds. The first-order valence-corrected chi connectivity index (χ1v) is 5.00. The zero-order valence-electron chi connectivity index (χ0n) is 8.54. The van der Waals surface area contributed by atoms with Gasteiger partial charge in [0.2, 0.25) is 0 Å². The molecule has 4 nitrogen and oxygen atoms in total. The molecule has 0 aliphatic heterocycles. The predicted octanol–water partition coefficient (Wildman–Crippen LogP) is 1.98. The van der Waals surface area contributed by atoms with Crippen molar-refractivity contribution in [3.05, 3.63) is 48.8 Å². The number of hydrogen-bond donors (Lipinski definition) is 1. The summed E-state index contributed by atoms with van der Waals surface area (Å²) in [7, 11) is 0. The van der Waals surface area contributed by atoms with E-state index in [2.05, 4.69) is 10.1 Å². The second-order valence-corrected chi connectivity index (χ2v) is 3.52. The van der Waals surface area contributed by atoms with E-state index in [9.17, 15) is 0 Å². The van der Waals surface area contributed by atoms with Gasteiger partial charge in [0.25, 0.3) is 0 Å². The van der Waals surface area contributed by atoms with Gasteiger partial charge in [-0.2, -0.15) is 9.61 Å². The Kier molecular flexibility index (Phi) is 1.86. The molecule has 2 N–H and O–H groups in total. The van der Waals surface area contributed by atoms with Crippen LogP contribution in [0.4, 0.5) is 5.82 Å². The molecule has 16 heavy (non-hydrogen) atoms. The van der Waals surface area contributed by atoms with Gasteiger partial charge in [-0.1, -0.05) is 30.3 Å². The Bertz CT molecular complexity index is 628. The van der Waals surface area contributed by atoms with Crippen LogP contribution in [0.5, 0.6) is 0 Å². The van der Waals surface area contributed by atoms with Crippen molar-refractivity contribution >= 4 is 11.5 Å². The maximum Gasteiger partial charge on any atom is 0.157 e. The lowest BCUT2D eigenvalue weighted by Crippen LogP contribution is -2.02. The Balaban J connectivity index is 2.28. The zero-order valence-corrected chi connectivity index (χ0v) is 8.54. The van der Waals surface area contributed by atoms with E-state index in [0.717, 1.165) is 16.8 Å². The van der Waals surface area contributed by atoms with Gasteiger partial charge in [0.05, 0.1) is 6.20 Å². The molecule has 2 heterocycles. The van der Waals surface area contributed by atoms with Crippen LogP contribution >= 0.6 is 0 Å². The minimum atomic E-state index is 0.612. The molecule has 0 saturated carbocycles. The lowest BCUT2D eigenvalue weighted by Gasteiger charge is -2.06. The van der Waals surface area contributed by atoms with Gasteiger partial charge in [0, 0.05) is 17.8 Å². The molecule has 0 radical (unpaired) electrons. The zero-order chi connectivity index (χ0) is 11.0. The Morgan fingerprint density at radius 1 is 1.06 bits per heavy atom. The summed E-state index contributed by atoms with van der Waals surface area (Å²) in [5, 5.41) is 4.13. The average molecular weight is 210 g/mol. The first kappa shape index (κ1) is 8.91. The predicted molar refractivity (Wildman–Crippen MR) is 62.8 cm³/mol. The topological polar surface area (TPSA) is 56.2 Å². The van der Waals surface area contributed by atoms with Crippen LogP contribution in [0.1, 0.15) is 0 Å². The molecular formula is C12H10N4. The molecule has 2 aromatic heterocycles. The molecule has 0 unspecified atom stereocenters. The van der Waals surface area contributed by atoms with Crippen molar-refractivity contribution in [1.82, 2.24) is 14.6 Å². The molecule has 0 aliphatic carbocycles. The maximum atomic E-state index is 6.06. The fourth-order valence-electron chi connectivity index (χ4n) is 1.73. The monoisotopic (exact) mass is 210 g/mol. The molecule has 0 fully saturated rings. The molecule has 0 spiro atoms. The van der Waals surface area contributed by atoms with Crippen molar-refractivity contribution in [3.8, 4) is 11.1 Å². The van der Waals surface area contributed by atoms with E-state index in [0.29, 0.717) is 5.82 Å². The maximum absolute atomic E-state index is 6.06. The molecule has 1 aromatic carbocycles. The molecular weight excluding hydrogens is 200 g/mol. The lowest BCUT2D eigenvalue weighted by atomic mass is 10.1. The molecule has 78 valence electrons. The smallest absolute Gasteiger partial charge is 0.157 e. The van der Waals surface area contributed by atoms with Crippen LogP contribution in [-0.4, -0.2) is 14.6 Å². The van der Waals surface area contributed by atoms with E-state index >= 15 is 0 Å². The number of aromatic nitrogens is 3. The summed E-state index contributed by atoms with van der Waals surface area (Å²) in [6.45, 7) is 0. The van der Waals surface area contributed by atoms with E-state index in [1.165, 1.54) is 0 Å². The molecule has 3 rings (SSSR count). The highest BCUT2D eigenvalue weighted by molar-refractivity contribution is 5.74. The summed E-state index contributed by atoms with van der Waals surface area (Å²) in [6.07, 6.45) is 3.47. The van der Waals surface area contributed by atoms with Crippen molar-refractivity contribution in [2.24, 2.45) is 0 Å². The summed E-state index contributed by atoms with van der Waals surface area (Å²) in [5.41, 5.74) is 8.76. The summed E-state index contributed by atoms with van der Waals surface area (Å²) in [4.78, 5) is 4.30. The van der Waals surface area contributed by atoms with E-state index in [1.807, 2.05) is 36.4 Å². The third-order valence-electron chi connectivity index (χ3n) is 2.54. The molecule has 3 aromatic rings. The van der Waals surface area contributed by atoms with Crippen molar-refractivity contribution in [2.45, 2.75) is 0 Å². The van der Waals surface area contributed by atoms with Crippen LogP contribution in [-0.2, 0) is 0 Å². The first-order chi connectivity index (χ1) is 7.86. The van der Waals surface area contributed by atoms with Crippen molar-refractivity contribution in [2.75, 3.05) is 5.73 Å². The Hall–Kier alpha value is -2.36. The normalized spacial score (nSPS) is 10.8. The third-order valence-corrected chi connectivity index (χ3v) is 2.54. The SMILES string of the molecule is Nc1c(-c2ccccc2)cnc2ccnn12. The van der Waals surface area contributed by atoms with Crippen molar-refractivity contribution in [3.63, 3.8) is 0 Å². The Morgan fingerprint density at radius 2 is 1.88 bits per heavy atom. The molecule has 4 heteroatoms. The van der Waals surface area contributed by atoms with E-state index < -0.39 is 0 Å². The number of rotatable bonds is 1. The summed E-state index contributed by atoms with van der Waals surface area (Å²) < 4.78 is 1.64. The third kappa shape index (κ3) is 1.24. The van der Waals surface area contributed by atoms with Crippen LogP contribution in [0.2, 0.25) is 0 Å². The van der Waals surface area contributed by atoms with Crippen LogP contribution in [0, 0.1) is 0 Å². The average Bonchev–Trinajstić information content (AvgIpc) is 2.80. The lowest BCUT2D eigenvalue weighted by molar-refractivity contribution is 0.954. The van der Waals surface area contributed by atoms with Gasteiger partial charge < -0.3 is 5.73 Å². The van der Waals surface area contributed by atoms with E-state index in [-0.39, 0.29) is 0 Å². The Morgan fingerprint density at radius 3 is 2.69 bits per heavy atom. The van der Waals surface area contributed by atoms with E-state index in [4.69, 9.17) is 5.73 Å². The Labute approximate surface area is 92.4 Å². The van der Waals surface area contributed by atoms with Gasteiger partial charge in [-0.15, -0.1) is 0 Å². The highest BCUT2D eigenvalue weighted by Gasteiger charge is 2.07. The highest BCUT2D eigenvalue weighted by Crippen LogP contribution is 2.24. The molecule has 0 bridgehead atoms. The number of nitrogens with two attached hydrogens (primary N) is 1. The number of benzene rings is 1.